The van der Waals surface area contributed by atoms with E-state index in [1.54, 1.807) is 23.1 Å². The van der Waals surface area contributed by atoms with Gasteiger partial charge in [-0.25, -0.2) is 4.39 Å². The average Bonchev–Trinajstić information content (AvgIpc) is 3.67. The fraction of sp³-hybridized carbons (Fsp3) is 0.333. The van der Waals surface area contributed by atoms with Crippen LogP contribution < -0.4 is 20.7 Å². The summed E-state index contributed by atoms with van der Waals surface area (Å²) in [6.07, 6.45) is 6.60. The summed E-state index contributed by atoms with van der Waals surface area (Å²) in [5, 5.41) is 8.26. The Hall–Kier alpha value is -5.25. The first kappa shape index (κ1) is 35.1. The minimum atomic E-state index is -1.16. The number of fused-ring (bicyclic) bond motifs is 10. The maximum Gasteiger partial charge on any atom is 0.243 e. The number of nitrogens with one attached hydrogen (secondary N) is 3. The molecule has 4 aliphatic rings. The van der Waals surface area contributed by atoms with E-state index in [1.165, 1.54) is 0 Å². The number of allylic oxidation sites excluding steroid dienone is 2. The average molecular weight is 667 g/mol. The summed E-state index contributed by atoms with van der Waals surface area (Å²) in [6, 6.07) is 24.4. The molecule has 9 nitrogen and oxygen atoms in total. The second-order valence-corrected chi connectivity index (χ2v) is 12.3. The Bertz CT molecular complexity index is 1620. The van der Waals surface area contributed by atoms with E-state index < -0.39 is 23.9 Å². The maximum atomic E-state index is 14.3. The third-order valence-electron chi connectivity index (χ3n) is 8.58. The van der Waals surface area contributed by atoms with Crippen LogP contribution in [0.2, 0.25) is 0 Å². The molecule has 1 aliphatic carbocycles. The Morgan fingerprint density at radius 2 is 1.55 bits per heavy atom. The van der Waals surface area contributed by atoms with E-state index >= 15 is 0 Å². The van der Waals surface area contributed by atoms with Crippen LogP contribution in [0.5, 0.6) is 11.5 Å². The molecule has 1 fully saturated rings. The molecule has 2 atom stereocenters. The number of hydrogen-bond acceptors (Lipinski definition) is 5. The van der Waals surface area contributed by atoms with Crippen molar-refractivity contribution in [2.45, 2.75) is 63.5 Å². The molecule has 4 bridgehead atoms. The van der Waals surface area contributed by atoms with Crippen molar-refractivity contribution < 1.29 is 28.3 Å². The fourth-order valence-corrected chi connectivity index (χ4v) is 5.85. The van der Waals surface area contributed by atoms with Gasteiger partial charge in [0.05, 0.1) is 6.42 Å². The van der Waals surface area contributed by atoms with E-state index in [0.29, 0.717) is 43.0 Å². The van der Waals surface area contributed by atoms with Crippen LogP contribution in [0.25, 0.3) is 0 Å². The van der Waals surface area contributed by atoms with Gasteiger partial charge in [0.2, 0.25) is 23.6 Å². The van der Waals surface area contributed by atoms with Crippen molar-refractivity contribution in [2.24, 2.45) is 0 Å². The third-order valence-corrected chi connectivity index (χ3v) is 8.58. The Kier molecular flexibility index (Phi) is 12.7. The van der Waals surface area contributed by atoms with Crippen molar-refractivity contribution in [3.8, 4) is 11.5 Å². The molecule has 3 aromatic carbocycles. The minimum Gasteiger partial charge on any atom is -0.457 e. The summed E-state index contributed by atoms with van der Waals surface area (Å²) in [5.41, 5.74) is 2.03. The van der Waals surface area contributed by atoms with Crippen molar-refractivity contribution >= 4 is 23.6 Å². The van der Waals surface area contributed by atoms with Crippen LogP contribution in [0.15, 0.2) is 108 Å². The first-order valence-electron chi connectivity index (χ1n) is 16.9. The van der Waals surface area contributed by atoms with Crippen LogP contribution in [0.4, 0.5) is 4.39 Å². The number of likely N-dealkylation sites (tertiary alicyclic amines) is 1. The zero-order valence-electron chi connectivity index (χ0n) is 27.5. The van der Waals surface area contributed by atoms with Crippen molar-refractivity contribution in [2.75, 3.05) is 19.6 Å². The quantitative estimate of drug-likeness (QED) is 0.341. The predicted molar refractivity (Wildman–Crippen MR) is 185 cm³/mol. The molecule has 0 radical (unpaired) electrons. The maximum absolute atomic E-state index is 14.3. The molecule has 4 amide bonds. The first-order valence-corrected chi connectivity index (χ1v) is 16.9. The highest BCUT2D eigenvalue weighted by Gasteiger charge is 2.31. The highest BCUT2D eigenvalue weighted by atomic mass is 19.1. The van der Waals surface area contributed by atoms with E-state index in [1.807, 2.05) is 78.9 Å². The molecule has 2 unspecified atom stereocenters. The lowest BCUT2D eigenvalue weighted by molar-refractivity contribution is -0.136. The minimum absolute atomic E-state index is 0.0214. The van der Waals surface area contributed by atoms with Crippen molar-refractivity contribution in [3.63, 3.8) is 0 Å². The Morgan fingerprint density at radius 1 is 0.837 bits per heavy atom. The molecule has 7 rings (SSSR count). The number of nitrogens with zero attached hydrogens (tertiary/aromatic N) is 1. The van der Waals surface area contributed by atoms with Crippen LogP contribution in [0, 0.1) is 0 Å². The van der Waals surface area contributed by atoms with Gasteiger partial charge in [0.1, 0.15) is 29.4 Å². The Balaban J connectivity index is 0.000000704. The second-order valence-electron chi connectivity index (χ2n) is 12.3. The highest BCUT2D eigenvalue weighted by Crippen LogP contribution is 2.24. The van der Waals surface area contributed by atoms with Gasteiger partial charge in [-0.1, -0.05) is 72.8 Å². The van der Waals surface area contributed by atoms with Gasteiger partial charge in [0.15, 0.2) is 0 Å². The molecule has 3 aliphatic heterocycles. The molecule has 10 heteroatoms. The zero-order valence-corrected chi connectivity index (χ0v) is 27.5. The molecule has 3 heterocycles. The number of halogens is 1. The van der Waals surface area contributed by atoms with Gasteiger partial charge in [-0.2, -0.15) is 0 Å². The summed E-state index contributed by atoms with van der Waals surface area (Å²) in [4.78, 5) is 54.8. The van der Waals surface area contributed by atoms with Gasteiger partial charge in [-0.15, -0.1) is 0 Å². The molecule has 49 heavy (non-hydrogen) atoms. The number of amides is 4. The molecule has 3 aromatic rings. The largest absolute Gasteiger partial charge is 0.457 e. The lowest BCUT2D eigenvalue weighted by Crippen LogP contribution is -2.55. The van der Waals surface area contributed by atoms with Crippen molar-refractivity contribution in [1.82, 2.24) is 20.9 Å². The van der Waals surface area contributed by atoms with Crippen LogP contribution in [0.1, 0.15) is 49.7 Å². The highest BCUT2D eigenvalue weighted by molar-refractivity contribution is 5.95. The van der Waals surface area contributed by atoms with Crippen molar-refractivity contribution in [1.29, 1.82) is 0 Å². The zero-order chi connectivity index (χ0) is 34.4. The smallest absolute Gasteiger partial charge is 0.243 e. The molecular weight excluding hydrogens is 623 g/mol. The molecule has 0 aromatic heterocycles. The van der Waals surface area contributed by atoms with Gasteiger partial charge in [0, 0.05) is 44.5 Å². The van der Waals surface area contributed by atoms with Gasteiger partial charge in [-0.3, -0.25) is 19.2 Å². The lowest BCUT2D eigenvalue weighted by atomic mass is 10.0. The molecule has 0 spiro atoms. The monoisotopic (exact) mass is 666 g/mol. The number of carbonyl (C=O) groups is 4. The SMILES string of the molecule is O=C1CCc2cccc(c2)Oc2ccc(cc2)CC(C(=O)NCC2=C(F)CCC=C2)NC(=O)C(CC(=O)N2CCCC2)N1.c1ccccc1. The first-order chi connectivity index (χ1) is 23.8. The fourth-order valence-electron chi connectivity index (χ4n) is 5.85. The molecule has 1 saturated heterocycles. The van der Waals surface area contributed by atoms with E-state index in [9.17, 15) is 23.6 Å². The van der Waals surface area contributed by atoms with Crippen LogP contribution in [-0.2, 0) is 32.0 Å². The Labute approximate surface area is 286 Å². The van der Waals surface area contributed by atoms with E-state index in [2.05, 4.69) is 16.0 Å². The van der Waals surface area contributed by atoms with Gasteiger partial charge >= 0.3 is 0 Å². The molecular formula is C39H43FN4O5. The standard InChI is InChI=1S/C33H37FN4O5.C6H6/c34-27-9-2-1-7-24(27)21-35-32(41)28-19-23-10-13-25(14-11-23)43-26-8-5-6-22(18-26)12-15-30(39)36-29(33(42)37-28)20-31(40)38-16-3-4-17-38;1-2-4-6-5-3-1/h1,5-8,10-11,13-14,18,28-29H,2-4,9,12,15-17,19-21H2,(H,35,41)(H,36,39)(H,37,42);1-6H. The van der Waals surface area contributed by atoms with Gasteiger partial charge < -0.3 is 25.6 Å². The number of aryl methyl sites for hydroxylation is 1. The Morgan fingerprint density at radius 3 is 2.24 bits per heavy atom. The van der Waals surface area contributed by atoms with Crippen LogP contribution in [-0.4, -0.2) is 60.2 Å². The van der Waals surface area contributed by atoms with E-state index in [-0.39, 0.29) is 49.9 Å². The normalized spacial score (nSPS) is 19.5. The number of benzene rings is 3. The van der Waals surface area contributed by atoms with E-state index in [0.717, 1.165) is 24.0 Å². The summed E-state index contributed by atoms with van der Waals surface area (Å²) in [6.45, 7) is 1.20. The predicted octanol–water partition coefficient (Wildman–Crippen LogP) is 5.33. The van der Waals surface area contributed by atoms with Crippen LogP contribution in [0.3, 0.4) is 0 Å². The number of ether oxygens (including phenoxy) is 1. The summed E-state index contributed by atoms with van der Waals surface area (Å²) in [5.74, 6) is -0.796. The summed E-state index contributed by atoms with van der Waals surface area (Å²) in [7, 11) is 0. The summed E-state index contributed by atoms with van der Waals surface area (Å²) >= 11 is 0. The van der Waals surface area contributed by atoms with Gasteiger partial charge in [0.25, 0.3) is 0 Å². The number of rotatable bonds is 5. The third kappa shape index (κ3) is 10.9. The van der Waals surface area contributed by atoms with Crippen molar-refractivity contribution in [3.05, 3.63) is 120 Å². The topological polar surface area (TPSA) is 117 Å². The lowest BCUT2D eigenvalue weighted by Gasteiger charge is -2.25. The second kappa shape index (κ2) is 17.8. The number of carbonyl (C=O) groups excluding carboxylic acids is 4. The number of hydrogen-bond donors (Lipinski definition) is 3. The van der Waals surface area contributed by atoms with Crippen LogP contribution >= 0.6 is 0 Å². The van der Waals surface area contributed by atoms with Gasteiger partial charge in [-0.05, 0) is 61.1 Å². The van der Waals surface area contributed by atoms with E-state index in [4.69, 9.17) is 4.74 Å². The molecule has 256 valence electrons. The molecule has 0 saturated carbocycles. The molecule has 3 N–H and O–H groups in total. The summed E-state index contributed by atoms with van der Waals surface area (Å²) < 4.78 is 20.3.